The molecule has 2 heterocycles. The first-order valence-corrected chi connectivity index (χ1v) is 8.79. The van der Waals surface area contributed by atoms with E-state index < -0.39 is 0 Å². The second kappa shape index (κ2) is 5.35. The molecule has 1 aliphatic carbocycles. The van der Waals surface area contributed by atoms with Gasteiger partial charge >= 0.3 is 5.63 Å². The average molecular weight is 330 g/mol. The third-order valence-electron chi connectivity index (χ3n) is 5.36. The molecule has 0 radical (unpaired) electrons. The van der Waals surface area contributed by atoms with Crippen molar-refractivity contribution < 1.29 is 8.83 Å². The van der Waals surface area contributed by atoms with E-state index in [4.69, 9.17) is 8.83 Å². The lowest BCUT2D eigenvalue weighted by Crippen LogP contribution is -2.16. The van der Waals surface area contributed by atoms with Gasteiger partial charge in [0.1, 0.15) is 11.2 Å². The van der Waals surface area contributed by atoms with Crippen LogP contribution < -0.4 is 5.63 Å². The molecular formula is C22H18O3. The van der Waals surface area contributed by atoms with Gasteiger partial charge in [-0.15, -0.1) is 0 Å². The lowest BCUT2D eigenvalue weighted by molar-refractivity contribution is 0.530. The zero-order chi connectivity index (χ0) is 17.0. The number of fused-ring (bicyclic) bond motifs is 4. The summed E-state index contributed by atoms with van der Waals surface area (Å²) in [5, 5.41) is 2.15. The van der Waals surface area contributed by atoms with Gasteiger partial charge in [-0.25, -0.2) is 4.79 Å². The molecule has 0 fully saturated rings. The van der Waals surface area contributed by atoms with Gasteiger partial charge in [-0.1, -0.05) is 30.3 Å². The molecule has 5 rings (SSSR count). The van der Waals surface area contributed by atoms with Crippen molar-refractivity contribution in [2.75, 3.05) is 0 Å². The normalized spacial score (nSPS) is 14.1. The van der Waals surface area contributed by atoms with Gasteiger partial charge < -0.3 is 8.83 Å². The maximum absolute atomic E-state index is 12.4. The highest BCUT2D eigenvalue weighted by Gasteiger charge is 2.22. The van der Waals surface area contributed by atoms with Crippen LogP contribution in [-0.4, -0.2) is 0 Å². The number of aryl methyl sites for hydroxylation is 2. The Morgan fingerprint density at radius 1 is 0.920 bits per heavy atom. The Labute approximate surface area is 144 Å². The minimum atomic E-state index is -0.181. The first-order chi connectivity index (χ1) is 12.2. The molecule has 0 atom stereocenters. The van der Waals surface area contributed by atoms with E-state index in [1.807, 2.05) is 25.1 Å². The second-order valence-electron chi connectivity index (χ2n) is 6.82. The SMILES string of the molecule is Cc1c2occ(-c3ccccc3)c2cc2c3c(c(=O)oc12)CCCC3. The van der Waals surface area contributed by atoms with Crippen molar-refractivity contribution in [1.82, 2.24) is 0 Å². The Balaban J connectivity index is 1.90. The van der Waals surface area contributed by atoms with Crippen molar-refractivity contribution in [3.8, 4) is 11.1 Å². The molecule has 3 heteroatoms. The average Bonchev–Trinajstić information content (AvgIpc) is 3.08. The van der Waals surface area contributed by atoms with Gasteiger partial charge in [-0.3, -0.25) is 0 Å². The molecule has 3 nitrogen and oxygen atoms in total. The number of furan rings is 1. The van der Waals surface area contributed by atoms with E-state index in [0.29, 0.717) is 5.58 Å². The van der Waals surface area contributed by atoms with Crippen molar-refractivity contribution in [1.29, 1.82) is 0 Å². The Morgan fingerprint density at radius 3 is 2.48 bits per heavy atom. The molecular weight excluding hydrogens is 312 g/mol. The maximum atomic E-state index is 12.4. The summed E-state index contributed by atoms with van der Waals surface area (Å²) in [5.74, 6) is 0. The van der Waals surface area contributed by atoms with Gasteiger partial charge in [0.05, 0.1) is 6.26 Å². The quantitative estimate of drug-likeness (QED) is 0.439. The van der Waals surface area contributed by atoms with Crippen LogP contribution in [0.4, 0.5) is 0 Å². The summed E-state index contributed by atoms with van der Waals surface area (Å²) in [7, 11) is 0. The zero-order valence-corrected chi connectivity index (χ0v) is 14.1. The van der Waals surface area contributed by atoms with Crippen molar-refractivity contribution >= 4 is 21.9 Å². The fourth-order valence-corrected chi connectivity index (χ4v) is 4.09. The predicted molar refractivity (Wildman–Crippen MR) is 99.1 cm³/mol. The van der Waals surface area contributed by atoms with Crippen molar-refractivity contribution in [2.24, 2.45) is 0 Å². The summed E-state index contributed by atoms with van der Waals surface area (Å²) in [4.78, 5) is 12.4. The van der Waals surface area contributed by atoms with Crippen LogP contribution in [0.3, 0.4) is 0 Å². The molecule has 0 amide bonds. The predicted octanol–water partition coefficient (Wildman–Crippen LogP) is 5.39. The summed E-state index contributed by atoms with van der Waals surface area (Å²) in [6, 6.07) is 12.4. The molecule has 0 bridgehead atoms. The van der Waals surface area contributed by atoms with E-state index in [1.54, 1.807) is 6.26 Å². The number of hydrogen-bond donors (Lipinski definition) is 0. The molecule has 1 aliphatic rings. The Bertz CT molecular complexity index is 1160. The van der Waals surface area contributed by atoms with Crippen LogP contribution in [0.25, 0.3) is 33.1 Å². The molecule has 0 N–H and O–H groups in total. The van der Waals surface area contributed by atoms with E-state index in [0.717, 1.165) is 64.3 Å². The topological polar surface area (TPSA) is 43.4 Å². The lowest BCUT2D eigenvalue weighted by Gasteiger charge is -2.17. The van der Waals surface area contributed by atoms with Crippen LogP contribution in [-0.2, 0) is 12.8 Å². The van der Waals surface area contributed by atoms with Crippen molar-refractivity contribution in [3.63, 3.8) is 0 Å². The molecule has 2 aromatic heterocycles. The highest BCUT2D eigenvalue weighted by atomic mass is 16.4. The molecule has 0 saturated heterocycles. The highest BCUT2D eigenvalue weighted by molar-refractivity contribution is 6.05. The number of benzene rings is 2. The monoisotopic (exact) mass is 330 g/mol. The fraction of sp³-hybridized carbons (Fsp3) is 0.227. The van der Waals surface area contributed by atoms with Crippen LogP contribution >= 0.6 is 0 Å². The van der Waals surface area contributed by atoms with E-state index >= 15 is 0 Å². The van der Waals surface area contributed by atoms with E-state index in [1.165, 1.54) is 5.56 Å². The summed E-state index contributed by atoms with van der Waals surface area (Å²) in [5.41, 5.74) is 6.43. The summed E-state index contributed by atoms with van der Waals surface area (Å²) < 4.78 is 11.6. The number of hydrogen-bond acceptors (Lipinski definition) is 3. The first kappa shape index (κ1) is 14.5. The van der Waals surface area contributed by atoms with Crippen LogP contribution in [0.5, 0.6) is 0 Å². The van der Waals surface area contributed by atoms with Crippen LogP contribution in [0.15, 0.2) is 56.3 Å². The van der Waals surface area contributed by atoms with Crippen LogP contribution in [0.1, 0.15) is 29.5 Å². The van der Waals surface area contributed by atoms with Crippen molar-refractivity contribution in [3.05, 3.63) is 69.8 Å². The summed E-state index contributed by atoms with van der Waals surface area (Å²) >= 11 is 0. The molecule has 124 valence electrons. The molecule has 0 spiro atoms. The Kier molecular flexibility index (Phi) is 3.11. The Hall–Kier alpha value is -2.81. The second-order valence-corrected chi connectivity index (χ2v) is 6.82. The minimum Gasteiger partial charge on any atom is -0.463 e. The standard InChI is InChI=1S/C22H18O3/c1-13-20-18(19(12-24-20)14-7-3-2-4-8-14)11-17-15-9-5-6-10-16(15)22(23)25-21(13)17/h2-4,7-8,11-12H,5-6,9-10H2,1H3. The summed E-state index contributed by atoms with van der Waals surface area (Å²) in [6.07, 6.45) is 5.75. The van der Waals surface area contributed by atoms with E-state index in [9.17, 15) is 4.79 Å². The lowest BCUT2D eigenvalue weighted by atomic mass is 9.89. The van der Waals surface area contributed by atoms with Gasteiger partial charge in [-0.05, 0) is 49.8 Å². The smallest absolute Gasteiger partial charge is 0.339 e. The zero-order valence-electron chi connectivity index (χ0n) is 14.1. The molecule has 2 aromatic carbocycles. The van der Waals surface area contributed by atoms with E-state index in [-0.39, 0.29) is 5.63 Å². The molecule has 25 heavy (non-hydrogen) atoms. The van der Waals surface area contributed by atoms with Gasteiger partial charge in [0.2, 0.25) is 0 Å². The highest BCUT2D eigenvalue weighted by Crippen LogP contribution is 2.38. The molecule has 0 saturated carbocycles. The van der Waals surface area contributed by atoms with Crippen LogP contribution in [0, 0.1) is 6.92 Å². The number of rotatable bonds is 1. The third kappa shape index (κ3) is 2.08. The fourth-order valence-electron chi connectivity index (χ4n) is 4.09. The summed E-state index contributed by atoms with van der Waals surface area (Å²) in [6.45, 7) is 1.97. The van der Waals surface area contributed by atoms with Crippen molar-refractivity contribution in [2.45, 2.75) is 32.6 Å². The van der Waals surface area contributed by atoms with Gasteiger partial charge in [0, 0.05) is 27.5 Å². The molecule has 4 aromatic rings. The van der Waals surface area contributed by atoms with Crippen LogP contribution in [0.2, 0.25) is 0 Å². The minimum absolute atomic E-state index is 0.181. The largest absolute Gasteiger partial charge is 0.463 e. The van der Waals surface area contributed by atoms with Gasteiger partial charge in [-0.2, -0.15) is 0 Å². The Morgan fingerprint density at radius 2 is 1.68 bits per heavy atom. The van der Waals surface area contributed by atoms with E-state index in [2.05, 4.69) is 18.2 Å². The van der Waals surface area contributed by atoms with Gasteiger partial charge in [0.25, 0.3) is 0 Å². The maximum Gasteiger partial charge on any atom is 0.339 e. The molecule has 0 unspecified atom stereocenters. The van der Waals surface area contributed by atoms with Gasteiger partial charge in [0.15, 0.2) is 0 Å². The molecule has 0 aliphatic heterocycles. The third-order valence-corrected chi connectivity index (χ3v) is 5.36. The first-order valence-electron chi connectivity index (χ1n) is 8.79.